The van der Waals surface area contributed by atoms with E-state index in [9.17, 15) is 4.79 Å². The number of ketones is 1. The highest BCUT2D eigenvalue weighted by Gasteiger charge is 2.19. The predicted octanol–water partition coefficient (Wildman–Crippen LogP) is 3.50. The third-order valence-corrected chi connectivity index (χ3v) is 3.11. The van der Waals surface area contributed by atoms with Crippen LogP contribution >= 0.6 is 23.2 Å². The fraction of sp³-hybridized carbons (Fsp3) is 0.143. The van der Waals surface area contributed by atoms with Crippen molar-refractivity contribution >= 4 is 34.6 Å². The Balaban J connectivity index is 2.47. The van der Waals surface area contributed by atoms with E-state index in [0.29, 0.717) is 27.0 Å². The van der Waals surface area contributed by atoms with Crippen LogP contribution in [0.5, 0.6) is 0 Å². The van der Waals surface area contributed by atoms with Crippen molar-refractivity contribution in [3.63, 3.8) is 0 Å². The van der Waals surface area contributed by atoms with Gasteiger partial charge in [0.05, 0.1) is 10.6 Å². The molecule has 0 radical (unpaired) electrons. The smallest absolute Gasteiger partial charge is 0.199 e. The summed E-state index contributed by atoms with van der Waals surface area (Å²) in [5.74, 6) is 0.282. The molecule has 2 aromatic rings. The number of hydrogen-bond acceptors (Lipinski definition) is 3. The first kappa shape index (κ1) is 14.6. The maximum atomic E-state index is 12.6. The van der Waals surface area contributed by atoms with Crippen molar-refractivity contribution in [3.05, 3.63) is 58.2 Å². The maximum absolute atomic E-state index is 12.6. The molecular formula is C14H13Cl2N3O. The van der Waals surface area contributed by atoms with E-state index in [1.54, 1.807) is 41.7 Å². The van der Waals surface area contributed by atoms with E-state index in [1.807, 2.05) is 14.1 Å². The van der Waals surface area contributed by atoms with Crippen LogP contribution in [0.25, 0.3) is 5.57 Å². The fourth-order valence-corrected chi connectivity index (χ4v) is 2.21. The van der Waals surface area contributed by atoms with E-state index in [0.717, 1.165) is 0 Å². The molecule has 0 unspecified atom stereocenters. The minimum atomic E-state index is -0.213. The number of Topliss-reactive ketones (excluding diaryl/α,β-unsaturated/α-hetero) is 1. The Labute approximate surface area is 127 Å². The van der Waals surface area contributed by atoms with Crippen LogP contribution in [0.2, 0.25) is 10.0 Å². The topological polar surface area (TPSA) is 49.0 Å². The van der Waals surface area contributed by atoms with Gasteiger partial charge in [0.2, 0.25) is 0 Å². The van der Waals surface area contributed by atoms with Crippen LogP contribution in [0.1, 0.15) is 16.2 Å². The molecule has 0 amide bonds. The van der Waals surface area contributed by atoms with Gasteiger partial charge in [0.25, 0.3) is 0 Å². The lowest BCUT2D eigenvalue weighted by atomic mass is 10.0. The molecule has 1 aromatic heterocycles. The number of nitrogens with zero attached hydrogens (tertiary/aromatic N) is 2. The van der Waals surface area contributed by atoms with Crippen molar-refractivity contribution in [2.45, 2.75) is 0 Å². The molecule has 0 aliphatic heterocycles. The van der Waals surface area contributed by atoms with Crippen molar-refractivity contribution in [1.29, 1.82) is 0 Å². The van der Waals surface area contributed by atoms with Crippen molar-refractivity contribution in [3.8, 4) is 0 Å². The van der Waals surface area contributed by atoms with E-state index in [-0.39, 0.29) is 5.78 Å². The second-order valence-electron chi connectivity index (χ2n) is 4.40. The highest BCUT2D eigenvalue weighted by atomic mass is 35.5. The Bertz CT molecular complexity index is 648. The second-order valence-corrected chi connectivity index (χ2v) is 5.24. The van der Waals surface area contributed by atoms with E-state index in [4.69, 9.17) is 23.2 Å². The third-order valence-electron chi connectivity index (χ3n) is 2.56. The van der Waals surface area contributed by atoms with Crippen LogP contribution in [-0.4, -0.2) is 34.7 Å². The number of rotatable bonds is 4. The van der Waals surface area contributed by atoms with Gasteiger partial charge >= 0.3 is 0 Å². The number of imidazole rings is 1. The van der Waals surface area contributed by atoms with Crippen molar-refractivity contribution < 1.29 is 4.79 Å². The van der Waals surface area contributed by atoms with Crippen LogP contribution < -0.4 is 0 Å². The zero-order valence-corrected chi connectivity index (χ0v) is 12.5. The molecule has 0 spiro atoms. The lowest BCUT2D eigenvalue weighted by Gasteiger charge is -2.10. The Morgan fingerprint density at radius 3 is 2.65 bits per heavy atom. The van der Waals surface area contributed by atoms with Crippen molar-refractivity contribution in [2.75, 3.05) is 14.1 Å². The van der Waals surface area contributed by atoms with Crippen molar-refractivity contribution in [1.82, 2.24) is 14.9 Å². The Morgan fingerprint density at radius 1 is 1.35 bits per heavy atom. The molecule has 20 heavy (non-hydrogen) atoms. The van der Waals surface area contributed by atoms with Crippen LogP contribution in [-0.2, 0) is 0 Å². The standard InChI is InChI=1S/C14H13Cl2N3O/c1-19(2)8-11(14-17-5-6-18-14)13(20)10-4-3-9(15)7-12(10)16/h3-8H,1-2H3,(H,17,18)/b11-8+. The maximum Gasteiger partial charge on any atom is 0.199 e. The Hall–Kier alpha value is -1.78. The van der Waals surface area contributed by atoms with Gasteiger partial charge in [-0.3, -0.25) is 4.79 Å². The summed E-state index contributed by atoms with van der Waals surface area (Å²) in [5.41, 5.74) is 0.824. The molecule has 0 aliphatic carbocycles. The molecular weight excluding hydrogens is 297 g/mol. The number of aromatic nitrogens is 2. The van der Waals surface area contributed by atoms with E-state index >= 15 is 0 Å². The number of benzene rings is 1. The molecule has 0 fully saturated rings. The van der Waals surface area contributed by atoms with Crippen LogP contribution in [0.3, 0.4) is 0 Å². The van der Waals surface area contributed by atoms with Gasteiger partial charge in [0, 0.05) is 43.3 Å². The SMILES string of the molecule is CN(C)/C=C(\C(=O)c1ccc(Cl)cc1Cl)c1ncc[nH]1. The number of allylic oxidation sites excluding steroid dienone is 1. The largest absolute Gasteiger partial charge is 0.383 e. The van der Waals surface area contributed by atoms with E-state index < -0.39 is 0 Å². The molecule has 104 valence electrons. The number of carbonyl (C=O) groups excluding carboxylic acids is 1. The molecule has 6 heteroatoms. The summed E-state index contributed by atoms with van der Waals surface area (Å²) in [4.78, 5) is 21.5. The first-order valence-electron chi connectivity index (χ1n) is 5.87. The average molecular weight is 310 g/mol. The van der Waals surface area contributed by atoms with Gasteiger partial charge in [-0.05, 0) is 18.2 Å². The lowest BCUT2D eigenvalue weighted by Crippen LogP contribution is -2.10. The fourth-order valence-electron chi connectivity index (χ4n) is 1.72. The first-order chi connectivity index (χ1) is 9.49. The molecule has 0 saturated carbocycles. The number of carbonyl (C=O) groups is 1. The Kier molecular flexibility index (Phi) is 4.47. The average Bonchev–Trinajstić information content (AvgIpc) is 2.88. The lowest BCUT2D eigenvalue weighted by molar-refractivity contribution is 0.105. The second kappa shape index (κ2) is 6.11. The summed E-state index contributed by atoms with van der Waals surface area (Å²) in [7, 11) is 3.67. The Morgan fingerprint density at radius 2 is 2.10 bits per heavy atom. The molecule has 1 aromatic carbocycles. The van der Waals surface area contributed by atoms with Gasteiger partial charge in [-0.15, -0.1) is 0 Å². The van der Waals surface area contributed by atoms with Crippen LogP contribution in [0.4, 0.5) is 0 Å². The number of halogens is 2. The summed E-state index contributed by atoms with van der Waals surface area (Å²) in [6, 6.07) is 4.79. The molecule has 0 atom stereocenters. The third kappa shape index (κ3) is 3.21. The monoisotopic (exact) mass is 309 g/mol. The van der Waals surface area contributed by atoms with E-state index in [2.05, 4.69) is 9.97 Å². The summed E-state index contributed by atoms with van der Waals surface area (Å²) < 4.78 is 0. The number of hydrogen-bond donors (Lipinski definition) is 1. The zero-order valence-electron chi connectivity index (χ0n) is 11.0. The van der Waals surface area contributed by atoms with Gasteiger partial charge in [-0.2, -0.15) is 0 Å². The van der Waals surface area contributed by atoms with Gasteiger partial charge in [0.1, 0.15) is 5.82 Å². The molecule has 2 rings (SSSR count). The molecule has 0 saturated heterocycles. The normalized spacial score (nSPS) is 11.5. The zero-order chi connectivity index (χ0) is 14.7. The quantitative estimate of drug-likeness (QED) is 0.694. The minimum Gasteiger partial charge on any atom is -0.383 e. The van der Waals surface area contributed by atoms with Gasteiger partial charge in [-0.1, -0.05) is 23.2 Å². The van der Waals surface area contributed by atoms with Crippen molar-refractivity contribution in [2.24, 2.45) is 0 Å². The molecule has 1 N–H and O–H groups in total. The summed E-state index contributed by atoms with van der Waals surface area (Å²) in [5, 5.41) is 0.807. The summed E-state index contributed by atoms with van der Waals surface area (Å²) in [6.07, 6.45) is 4.96. The van der Waals surface area contributed by atoms with Crippen LogP contribution in [0.15, 0.2) is 36.8 Å². The number of nitrogens with one attached hydrogen (secondary N) is 1. The van der Waals surface area contributed by atoms with Gasteiger partial charge < -0.3 is 9.88 Å². The highest BCUT2D eigenvalue weighted by molar-refractivity contribution is 6.40. The molecule has 0 aliphatic rings. The van der Waals surface area contributed by atoms with Crippen LogP contribution in [0, 0.1) is 0 Å². The number of H-pyrrole nitrogens is 1. The molecule has 4 nitrogen and oxygen atoms in total. The first-order valence-corrected chi connectivity index (χ1v) is 6.62. The molecule has 0 bridgehead atoms. The minimum absolute atomic E-state index is 0.213. The summed E-state index contributed by atoms with van der Waals surface area (Å²) >= 11 is 11.9. The van der Waals surface area contributed by atoms with E-state index in [1.165, 1.54) is 0 Å². The summed E-state index contributed by atoms with van der Waals surface area (Å²) in [6.45, 7) is 0. The highest BCUT2D eigenvalue weighted by Crippen LogP contribution is 2.26. The van der Waals surface area contributed by atoms with Gasteiger partial charge in [-0.25, -0.2) is 4.98 Å². The predicted molar refractivity (Wildman–Crippen MR) is 81.0 cm³/mol. The van der Waals surface area contributed by atoms with Gasteiger partial charge in [0.15, 0.2) is 5.78 Å². The molecule has 1 heterocycles. The number of aromatic amines is 1.